The highest BCUT2D eigenvalue weighted by Gasteiger charge is 2.33. The van der Waals surface area contributed by atoms with Crippen molar-refractivity contribution in [3.63, 3.8) is 0 Å². The maximum absolute atomic E-state index is 11.3. The second kappa shape index (κ2) is 18.7. The van der Waals surface area contributed by atoms with E-state index in [0.29, 0.717) is 17.3 Å². The van der Waals surface area contributed by atoms with Gasteiger partial charge >= 0.3 is 6.01 Å². The van der Waals surface area contributed by atoms with E-state index < -0.39 is 0 Å². The lowest BCUT2D eigenvalue weighted by Gasteiger charge is -2.30. The summed E-state index contributed by atoms with van der Waals surface area (Å²) in [6.07, 6.45) is 1.98. The molecule has 2 heterocycles. The molecule has 1 aromatic carbocycles. The Hall–Kier alpha value is -3.44. The molecule has 11 heteroatoms. The van der Waals surface area contributed by atoms with Gasteiger partial charge in [0.15, 0.2) is 5.16 Å². The number of aliphatic hydroxyl groups excluding tert-OH is 1. The van der Waals surface area contributed by atoms with Crippen LogP contribution in [0.4, 0.5) is 0 Å². The fraction of sp³-hybridized carbons (Fsp3) is 0.659. The number of aliphatic hydroxyl groups is 1. The smallest absolute Gasteiger partial charge is 0.320 e. The SMILES string of the molecule is CC(C)(C)c1ccc(C(N)=O)cc1C(C)(C)C.COc1nc(OCCO)nc(C(C)(C)C)c1C(C)(C)C.COc1nc(SC)nc(C(C)(C)C)c1C(C)(C)C. The predicted octanol–water partition coefficient (Wildman–Crippen LogP) is 9.63. The molecule has 0 unspecified atom stereocenters. The largest absolute Gasteiger partial charge is 0.481 e. The Morgan fingerprint density at radius 3 is 1.42 bits per heavy atom. The Bertz CT molecular complexity index is 1730. The number of hydrogen-bond acceptors (Lipinski definition) is 10. The van der Waals surface area contributed by atoms with Gasteiger partial charge in [-0.25, -0.2) is 4.98 Å². The third-order valence-corrected chi connectivity index (χ3v) is 8.99. The van der Waals surface area contributed by atoms with Crippen molar-refractivity contribution < 1.29 is 24.1 Å². The monoisotopic (exact) mass is 784 g/mol. The Balaban J connectivity index is 0.000000414. The first-order valence-electron chi connectivity index (χ1n) is 18.9. The summed E-state index contributed by atoms with van der Waals surface area (Å²) in [6.45, 7) is 38.8. The van der Waals surface area contributed by atoms with Crippen LogP contribution in [0.2, 0.25) is 0 Å². The fourth-order valence-corrected chi connectivity index (χ4v) is 6.20. The third kappa shape index (κ3) is 14.2. The van der Waals surface area contributed by atoms with Crippen LogP contribution >= 0.6 is 11.8 Å². The molecule has 0 radical (unpaired) electrons. The summed E-state index contributed by atoms with van der Waals surface area (Å²) in [7, 11) is 3.27. The molecule has 1 amide bonds. The number of amides is 1. The molecule has 0 spiro atoms. The number of aromatic nitrogens is 4. The summed E-state index contributed by atoms with van der Waals surface area (Å²) >= 11 is 1.55. The molecular weight excluding hydrogens is 711 g/mol. The van der Waals surface area contributed by atoms with E-state index in [1.165, 1.54) is 11.1 Å². The molecule has 0 aliphatic heterocycles. The molecule has 3 aromatic rings. The minimum Gasteiger partial charge on any atom is -0.481 e. The van der Waals surface area contributed by atoms with Gasteiger partial charge in [0.2, 0.25) is 17.7 Å². The van der Waals surface area contributed by atoms with Crippen molar-refractivity contribution in [3.8, 4) is 17.8 Å². The van der Waals surface area contributed by atoms with E-state index in [0.717, 1.165) is 27.7 Å². The average Bonchev–Trinajstić information content (AvgIpc) is 3.03. The molecule has 0 aliphatic rings. The van der Waals surface area contributed by atoms with Crippen LogP contribution in [0.1, 0.15) is 169 Å². The number of ether oxygens (including phenoxy) is 3. The molecule has 3 N–H and O–H groups in total. The first kappa shape index (κ1) is 49.6. The highest BCUT2D eigenvalue weighted by atomic mass is 32.2. The summed E-state index contributed by atoms with van der Waals surface area (Å²) < 4.78 is 16.3. The second-order valence-electron chi connectivity index (χ2n) is 19.9. The first-order chi connectivity index (χ1) is 24.7. The van der Waals surface area contributed by atoms with Crippen LogP contribution < -0.4 is 19.9 Å². The summed E-state index contributed by atoms with van der Waals surface area (Å²) in [6, 6.07) is 6.02. The number of thioether (sulfide) groups is 1. The van der Waals surface area contributed by atoms with Gasteiger partial charge in [-0.2, -0.15) is 15.0 Å². The number of primary amides is 1. The number of benzene rings is 1. The van der Waals surface area contributed by atoms with Crippen molar-refractivity contribution in [1.29, 1.82) is 0 Å². The molecule has 3 rings (SSSR count). The number of rotatable bonds is 7. The quantitative estimate of drug-likeness (QED) is 0.176. The van der Waals surface area contributed by atoms with Crippen LogP contribution in [0.5, 0.6) is 17.8 Å². The second-order valence-corrected chi connectivity index (χ2v) is 20.7. The lowest BCUT2D eigenvalue weighted by atomic mass is 9.74. The molecule has 0 bridgehead atoms. The lowest BCUT2D eigenvalue weighted by Crippen LogP contribution is -2.26. The van der Waals surface area contributed by atoms with Gasteiger partial charge in [0.25, 0.3) is 0 Å². The molecule has 10 nitrogen and oxygen atoms in total. The molecule has 310 valence electrons. The molecular formula is C44H73N5O5S. The normalized spacial score (nSPS) is 12.5. The van der Waals surface area contributed by atoms with Gasteiger partial charge in [-0.05, 0) is 51.2 Å². The van der Waals surface area contributed by atoms with E-state index in [1.54, 1.807) is 26.0 Å². The zero-order valence-corrected chi connectivity index (χ0v) is 38.8. The van der Waals surface area contributed by atoms with E-state index >= 15 is 0 Å². The van der Waals surface area contributed by atoms with Gasteiger partial charge in [-0.3, -0.25) is 4.79 Å². The fourth-order valence-electron chi connectivity index (χ4n) is 5.84. The Morgan fingerprint density at radius 2 is 1.07 bits per heavy atom. The Kier molecular flexibility index (Phi) is 16.8. The molecule has 0 aliphatic carbocycles. The average molecular weight is 784 g/mol. The van der Waals surface area contributed by atoms with Crippen LogP contribution in [0.25, 0.3) is 0 Å². The van der Waals surface area contributed by atoms with E-state index in [-0.39, 0.29) is 57.6 Å². The summed E-state index contributed by atoms with van der Waals surface area (Å²) in [5.41, 5.74) is 12.2. The van der Waals surface area contributed by atoms with Crippen LogP contribution in [0, 0.1) is 0 Å². The van der Waals surface area contributed by atoms with Crippen molar-refractivity contribution in [2.75, 3.05) is 33.7 Å². The van der Waals surface area contributed by atoms with Crippen LogP contribution in [0.3, 0.4) is 0 Å². The Labute approximate surface area is 337 Å². The molecule has 0 saturated carbocycles. The molecule has 55 heavy (non-hydrogen) atoms. The van der Waals surface area contributed by atoms with Gasteiger partial charge < -0.3 is 25.1 Å². The van der Waals surface area contributed by atoms with Gasteiger partial charge in [0, 0.05) is 27.5 Å². The first-order valence-corrected chi connectivity index (χ1v) is 20.1. The minimum absolute atomic E-state index is 0.00801. The van der Waals surface area contributed by atoms with Gasteiger partial charge in [-0.15, -0.1) is 0 Å². The maximum Gasteiger partial charge on any atom is 0.320 e. The van der Waals surface area contributed by atoms with Gasteiger partial charge in [0.05, 0.1) is 32.2 Å². The zero-order valence-electron chi connectivity index (χ0n) is 38.0. The number of nitrogens with two attached hydrogens (primary N) is 1. The molecule has 0 saturated heterocycles. The van der Waals surface area contributed by atoms with E-state index in [1.807, 2.05) is 24.5 Å². The van der Waals surface area contributed by atoms with Gasteiger partial charge in [0.1, 0.15) is 6.61 Å². The third-order valence-electron chi connectivity index (χ3n) is 8.44. The summed E-state index contributed by atoms with van der Waals surface area (Å²) in [5.74, 6) is 0.869. The van der Waals surface area contributed by atoms with Crippen LogP contribution in [0.15, 0.2) is 23.4 Å². The van der Waals surface area contributed by atoms with E-state index in [9.17, 15) is 4.79 Å². The number of hydrogen-bond donors (Lipinski definition) is 2. The van der Waals surface area contributed by atoms with E-state index in [4.69, 9.17) is 30.0 Å². The number of nitrogens with zero attached hydrogens (tertiary/aromatic N) is 4. The van der Waals surface area contributed by atoms with Crippen molar-refractivity contribution in [3.05, 3.63) is 57.4 Å². The number of carbonyl (C=O) groups excluding carboxylic acids is 1. The molecule has 0 atom stereocenters. The molecule has 2 aromatic heterocycles. The van der Waals surface area contributed by atoms with Crippen molar-refractivity contribution in [1.82, 2.24) is 19.9 Å². The predicted molar refractivity (Wildman–Crippen MR) is 229 cm³/mol. The van der Waals surface area contributed by atoms with Gasteiger partial charge in [-0.1, -0.05) is 142 Å². The highest BCUT2D eigenvalue weighted by Crippen LogP contribution is 2.40. The lowest BCUT2D eigenvalue weighted by molar-refractivity contribution is 0.1000. The van der Waals surface area contributed by atoms with Crippen molar-refractivity contribution in [2.24, 2.45) is 5.73 Å². The maximum atomic E-state index is 11.3. The topological polar surface area (TPSA) is 143 Å². The summed E-state index contributed by atoms with van der Waals surface area (Å²) in [5, 5.41) is 9.62. The standard InChI is InChI=1S/C15H26N2O3.C15H23NO.C14H24N2OS/c1-14(2,3)10-11(15(4,5)6)16-13(20-9-8-18)17-12(10)19-7;1-14(2,3)11-8-7-10(13(16)17)9-12(11)15(4,5)6;1-13(2,3)9-10(14(4,5)6)15-12(18-8)16-11(9)17-7/h18H,8-9H2,1-7H3;7-9H,1-6H3,(H2,16,17);1-8H3. The van der Waals surface area contributed by atoms with Crippen molar-refractivity contribution >= 4 is 17.7 Å². The number of methoxy groups -OCH3 is 2. The zero-order chi connectivity index (χ0) is 43.1. The number of carbonyl (C=O) groups is 1. The molecule has 0 fully saturated rings. The van der Waals surface area contributed by atoms with Crippen LogP contribution in [-0.4, -0.2) is 64.6 Å². The highest BCUT2D eigenvalue weighted by molar-refractivity contribution is 7.98. The van der Waals surface area contributed by atoms with Crippen LogP contribution in [-0.2, 0) is 32.5 Å². The Morgan fingerprint density at radius 1 is 0.636 bits per heavy atom. The minimum atomic E-state index is -0.365. The van der Waals surface area contributed by atoms with E-state index in [2.05, 4.69) is 140 Å². The summed E-state index contributed by atoms with van der Waals surface area (Å²) in [4.78, 5) is 29.3. The van der Waals surface area contributed by atoms with Crippen molar-refractivity contribution in [2.45, 2.75) is 162 Å².